The molecule has 1 fully saturated rings. The monoisotopic (exact) mass is 331 g/mol. The predicted octanol–water partition coefficient (Wildman–Crippen LogP) is 1.35. The van der Waals surface area contributed by atoms with Crippen molar-refractivity contribution in [2.45, 2.75) is 24.4 Å². The number of nitrogens with zero attached hydrogens (tertiary/aromatic N) is 1. The Morgan fingerprint density at radius 2 is 2.13 bits per heavy atom. The Hall–Kier alpha value is -2.25. The van der Waals surface area contributed by atoms with Crippen molar-refractivity contribution in [3.63, 3.8) is 0 Å². The summed E-state index contributed by atoms with van der Waals surface area (Å²) in [5, 5.41) is 15.4. The van der Waals surface area contributed by atoms with E-state index in [0.717, 1.165) is 5.56 Å². The summed E-state index contributed by atoms with van der Waals surface area (Å²) in [4.78, 5) is 28.0. The molecule has 1 aliphatic rings. The molecule has 6 nitrogen and oxygen atoms in total. The van der Waals surface area contributed by atoms with Crippen LogP contribution in [0.3, 0.4) is 0 Å². The third-order valence-corrected chi connectivity index (χ3v) is 5.10. The lowest BCUT2D eigenvalue weighted by molar-refractivity contribution is -0.144. The number of carbonyl (C=O) groups excluding carboxylic acids is 1. The normalized spacial score (nSPS) is 27.0. The first-order valence-corrected chi connectivity index (χ1v) is 8.13. The maximum atomic E-state index is 12.0. The number of thiazole rings is 1. The fraction of sp³-hybridized carbons (Fsp3) is 0.312. The number of nitrogens with two attached hydrogens (primary N) is 1. The minimum atomic E-state index is -1.22. The first kappa shape index (κ1) is 15.6. The molecule has 1 aliphatic heterocycles. The van der Waals surface area contributed by atoms with Gasteiger partial charge in [-0.2, -0.15) is 0 Å². The van der Waals surface area contributed by atoms with Crippen molar-refractivity contribution in [1.82, 2.24) is 10.3 Å². The standard InChI is InChI=1S/C16H17N3O3S/c17-13(20)11-9-16(15(21)22,8-10-4-2-1-3-5-10)19-12(11)14-18-6-7-23-14/h1-7,11-12,19H,8-9H2,(H2,17,20)(H,21,22)/t11-,12+,16-/m0/s1. The highest BCUT2D eigenvalue weighted by molar-refractivity contribution is 7.09. The lowest BCUT2D eigenvalue weighted by Crippen LogP contribution is -2.50. The molecule has 3 rings (SSSR count). The van der Waals surface area contributed by atoms with Gasteiger partial charge in [0.2, 0.25) is 5.91 Å². The van der Waals surface area contributed by atoms with Gasteiger partial charge in [-0.3, -0.25) is 14.9 Å². The molecule has 2 heterocycles. The largest absolute Gasteiger partial charge is 0.480 e. The minimum Gasteiger partial charge on any atom is -0.480 e. The average Bonchev–Trinajstić information content (AvgIpc) is 3.16. The quantitative estimate of drug-likeness (QED) is 0.767. The Balaban J connectivity index is 1.95. The molecule has 1 aromatic heterocycles. The van der Waals surface area contributed by atoms with Gasteiger partial charge in [-0.25, -0.2) is 4.98 Å². The fourth-order valence-electron chi connectivity index (χ4n) is 3.13. The number of carbonyl (C=O) groups is 2. The van der Waals surface area contributed by atoms with Crippen LogP contribution in [0.5, 0.6) is 0 Å². The average molecular weight is 331 g/mol. The summed E-state index contributed by atoms with van der Waals surface area (Å²) in [5.41, 5.74) is 5.18. The molecule has 23 heavy (non-hydrogen) atoms. The van der Waals surface area contributed by atoms with Crippen LogP contribution in [-0.4, -0.2) is 27.5 Å². The summed E-state index contributed by atoms with van der Waals surface area (Å²) >= 11 is 1.39. The molecule has 0 spiro atoms. The Morgan fingerprint density at radius 3 is 2.70 bits per heavy atom. The van der Waals surface area contributed by atoms with Crippen molar-refractivity contribution in [3.05, 3.63) is 52.5 Å². The maximum absolute atomic E-state index is 12.0. The van der Waals surface area contributed by atoms with Crippen LogP contribution < -0.4 is 11.1 Å². The smallest absolute Gasteiger partial charge is 0.324 e. The highest BCUT2D eigenvalue weighted by atomic mass is 32.1. The molecule has 0 bridgehead atoms. The van der Waals surface area contributed by atoms with E-state index in [0.29, 0.717) is 5.01 Å². The van der Waals surface area contributed by atoms with Crippen molar-refractivity contribution in [2.75, 3.05) is 0 Å². The van der Waals surface area contributed by atoms with Gasteiger partial charge in [0, 0.05) is 18.0 Å². The van der Waals surface area contributed by atoms with Gasteiger partial charge in [0.25, 0.3) is 0 Å². The lowest BCUT2D eigenvalue weighted by atomic mass is 9.85. The van der Waals surface area contributed by atoms with Crippen LogP contribution in [0.2, 0.25) is 0 Å². The number of rotatable bonds is 5. The summed E-state index contributed by atoms with van der Waals surface area (Å²) in [5.74, 6) is -2.08. The molecule has 120 valence electrons. The van der Waals surface area contributed by atoms with E-state index < -0.39 is 29.4 Å². The summed E-state index contributed by atoms with van der Waals surface area (Å²) < 4.78 is 0. The summed E-state index contributed by atoms with van der Waals surface area (Å²) in [7, 11) is 0. The zero-order chi connectivity index (χ0) is 16.4. The van der Waals surface area contributed by atoms with E-state index in [2.05, 4.69) is 10.3 Å². The molecule has 0 radical (unpaired) electrons. The van der Waals surface area contributed by atoms with Gasteiger partial charge in [0.15, 0.2) is 0 Å². The third-order valence-electron chi connectivity index (χ3n) is 4.24. The molecule has 7 heteroatoms. The van der Waals surface area contributed by atoms with Gasteiger partial charge in [-0.15, -0.1) is 11.3 Å². The van der Waals surface area contributed by atoms with Crippen LogP contribution in [0.15, 0.2) is 41.9 Å². The molecular weight excluding hydrogens is 314 g/mol. The Bertz CT molecular complexity index is 705. The second-order valence-electron chi connectivity index (χ2n) is 5.75. The van der Waals surface area contributed by atoms with Gasteiger partial charge in [0.05, 0.1) is 12.0 Å². The van der Waals surface area contributed by atoms with Crippen molar-refractivity contribution in [2.24, 2.45) is 11.7 Å². The van der Waals surface area contributed by atoms with Crippen molar-refractivity contribution in [3.8, 4) is 0 Å². The fourth-order valence-corrected chi connectivity index (χ4v) is 3.88. The van der Waals surface area contributed by atoms with Crippen molar-refractivity contribution < 1.29 is 14.7 Å². The topological polar surface area (TPSA) is 105 Å². The molecule has 1 saturated heterocycles. The van der Waals surface area contributed by atoms with E-state index >= 15 is 0 Å². The number of hydrogen-bond donors (Lipinski definition) is 3. The number of aliphatic carboxylic acids is 1. The number of amides is 1. The first-order valence-electron chi connectivity index (χ1n) is 7.25. The van der Waals surface area contributed by atoms with E-state index in [9.17, 15) is 14.7 Å². The van der Waals surface area contributed by atoms with Crippen LogP contribution in [0.1, 0.15) is 23.0 Å². The molecular formula is C16H17N3O3S. The van der Waals surface area contributed by atoms with Gasteiger partial charge >= 0.3 is 5.97 Å². The van der Waals surface area contributed by atoms with Crippen LogP contribution in [0.4, 0.5) is 0 Å². The van der Waals surface area contributed by atoms with Gasteiger partial charge in [0.1, 0.15) is 10.5 Å². The van der Waals surface area contributed by atoms with Crippen LogP contribution >= 0.6 is 11.3 Å². The van der Waals surface area contributed by atoms with Crippen molar-refractivity contribution in [1.29, 1.82) is 0 Å². The molecule has 0 saturated carbocycles. The number of aromatic nitrogens is 1. The van der Waals surface area contributed by atoms with Gasteiger partial charge in [-0.05, 0) is 12.0 Å². The Morgan fingerprint density at radius 1 is 1.39 bits per heavy atom. The van der Waals surface area contributed by atoms with E-state index in [1.54, 1.807) is 11.6 Å². The molecule has 0 aliphatic carbocycles. The molecule has 4 N–H and O–H groups in total. The van der Waals surface area contributed by atoms with E-state index in [4.69, 9.17) is 5.73 Å². The second kappa shape index (κ2) is 6.10. The lowest BCUT2D eigenvalue weighted by Gasteiger charge is -2.25. The molecule has 1 aromatic carbocycles. The van der Waals surface area contributed by atoms with Crippen LogP contribution in [0, 0.1) is 5.92 Å². The number of carboxylic acid groups (broad SMARTS) is 1. The maximum Gasteiger partial charge on any atom is 0.324 e. The van der Waals surface area contributed by atoms with Crippen molar-refractivity contribution >= 4 is 23.2 Å². The predicted molar refractivity (Wildman–Crippen MR) is 85.8 cm³/mol. The van der Waals surface area contributed by atoms with E-state index in [1.165, 1.54) is 11.3 Å². The van der Waals surface area contributed by atoms with Crippen LogP contribution in [0.25, 0.3) is 0 Å². The summed E-state index contributed by atoms with van der Waals surface area (Å²) in [6, 6.07) is 8.90. The summed E-state index contributed by atoms with van der Waals surface area (Å²) in [6.07, 6.45) is 2.07. The third kappa shape index (κ3) is 2.97. The zero-order valence-electron chi connectivity index (χ0n) is 12.3. The number of benzene rings is 1. The van der Waals surface area contributed by atoms with Crippen LogP contribution in [-0.2, 0) is 16.0 Å². The zero-order valence-corrected chi connectivity index (χ0v) is 13.1. The SMILES string of the molecule is NC(=O)[C@H]1C[C@@](Cc2ccccc2)(C(=O)O)N[C@H]1c1nccs1. The minimum absolute atomic E-state index is 0.150. The number of primary amides is 1. The number of hydrogen-bond acceptors (Lipinski definition) is 5. The van der Waals surface area contributed by atoms with E-state index in [-0.39, 0.29) is 12.8 Å². The van der Waals surface area contributed by atoms with Gasteiger partial charge < -0.3 is 10.8 Å². The first-order chi connectivity index (χ1) is 11.0. The number of carboxylic acids is 1. The second-order valence-corrected chi connectivity index (χ2v) is 6.68. The molecule has 1 amide bonds. The Kier molecular flexibility index (Phi) is 4.14. The molecule has 3 atom stereocenters. The highest BCUT2D eigenvalue weighted by Crippen LogP contribution is 2.40. The molecule has 2 aromatic rings. The Labute approximate surface area is 137 Å². The highest BCUT2D eigenvalue weighted by Gasteiger charge is 2.53. The van der Waals surface area contributed by atoms with Gasteiger partial charge in [-0.1, -0.05) is 30.3 Å². The molecule has 0 unspecified atom stereocenters. The van der Waals surface area contributed by atoms with E-state index in [1.807, 2.05) is 30.3 Å². The summed E-state index contributed by atoms with van der Waals surface area (Å²) in [6.45, 7) is 0. The number of nitrogens with one attached hydrogen (secondary N) is 1.